The number of hydrogen-bond donors (Lipinski definition) is 1. The molecule has 0 aromatic heterocycles. The lowest BCUT2D eigenvalue weighted by Crippen LogP contribution is -2.19. The van der Waals surface area contributed by atoms with Gasteiger partial charge in [0, 0.05) is 26.7 Å². The summed E-state index contributed by atoms with van der Waals surface area (Å²) in [5, 5.41) is 3.44. The first-order valence-electron chi connectivity index (χ1n) is 6.85. The zero-order valence-electron chi connectivity index (χ0n) is 12.3. The molecule has 20 heavy (non-hydrogen) atoms. The zero-order chi connectivity index (χ0) is 15.0. The molecule has 0 fully saturated rings. The maximum atomic E-state index is 5.77. The van der Waals surface area contributed by atoms with Crippen LogP contribution in [0.5, 0.6) is 5.75 Å². The largest absolute Gasteiger partial charge is 0.491 e. The van der Waals surface area contributed by atoms with E-state index in [9.17, 15) is 0 Å². The minimum Gasteiger partial charge on any atom is -0.491 e. The Morgan fingerprint density at radius 1 is 1.15 bits per heavy atom. The third kappa shape index (κ3) is 6.57. The van der Waals surface area contributed by atoms with E-state index in [4.69, 9.17) is 9.47 Å². The lowest BCUT2D eigenvalue weighted by molar-refractivity contribution is 0.171. The van der Waals surface area contributed by atoms with Crippen LogP contribution in [0.3, 0.4) is 0 Å². The van der Waals surface area contributed by atoms with E-state index in [1.165, 1.54) is 5.56 Å². The van der Waals surface area contributed by atoms with Crippen molar-refractivity contribution in [3.8, 4) is 5.75 Å². The fraction of sp³-hybridized carbons (Fsp3) is 0.600. The van der Waals surface area contributed by atoms with Gasteiger partial charge in [-0.2, -0.15) is 0 Å². The van der Waals surface area contributed by atoms with E-state index in [2.05, 4.69) is 63.2 Å². The molecule has 1 aromatic rings. The summed E-state index contributed by atoms with van der Waals surface area (Å²) in [6.07, 6.45) is 0.882. The molecule has 0 atom stereocenters. The molecule has 0 bridgehead atoms. The van der Waals surface area contributed by atoms with Crippen molar-refractivity contribution in [3.63, 3.8) is 0 Å². The first kappa shape index (κ1) is 18.0. The van der Waals surface area contributed by atoms with Crippen molar-refractivity contribution in [3.05, 3.63) is 26.6 Å². The highest BCUT2D eigenvalue weighted by Crippen LogP contribution is 2.34. The molecule has 1 rings (SSSR count). The molecule has 1 aromatic carbocycles. The number of hydrogen-bond acceptors (Lipinski definition) is 3. The Balaban J connectivity index is 2.56. The van der Waals surface area contributed by atoms with Crippen molar-refractivity contribution in [2.24, 2.45) is 5.92 Å². The number of ether oxygens (including phenoxy) is 2. The van der Waals surface area contributed by atoms with Gasteiger partial charge in [0.2, 0.25) is 0 Å². The number of methoxy groups -OCH3 is 1. The molecule has 0 radical (unpaired) electrons. The molecule has 114 valence electrons. The molecule has 0 saturated carbocycles. The van der Waals surface area contributed by atoms with Crippen molar-refractivity contribution in [2.45, 2.75) is 26.8 Å². The van der Waals surface area contributed by atoms with Crippen molar-refractivity contribution >= 4 is 31.9 Å². The van der Waals surface area contributed by atoms with E-state index in [0.717, 1.165) is 34.2 Å². The second-order valence-corrected chi connectivity index (χ2v) is 6.82. The van der Waals surface area contributed by atoms with Crippen molar-refractivity contribution < 1.29 is 9.47 Å². The SMILES string of the molecule is COCCCOc1c(Br)cc(CNCC(C)C)cc1Br. The van der Waals surface area contributed by atoms with Gasteiger partial charge in [0.15, 0.2) is 0 Å². The summed E-state index contributed by atoms with van der Waals surface area (Å²) in [6, 6.07) is 4.20. The monoisotopic (exact) mass is 407 g/mol. The van der Waals surface area contributed by atoms with E-state index < -0.39 is 0 Å². The summed E-state index contributed by atoms with van der Waals surface area (Å²) in [7, 11) is 1.70. The first-order chi connectivity index (χ1) is 9.54. The Labute approximate surface area is 138 Å². The maximum absolute atomic E-state index is 5.77. The van der Waals surface area contributed by atoms with Gasteiger partial charge in [-0.1, -0.05) is 13.8 Å². The number of benzene rings is 1. The Kier molecular flexibility index (Phi) is 8.77. The van der Waals surface area contributed by atoms with Crippen LogP contribution in [-0.2, 0) is 11.3 Å². The standard InChI is InChI=1S/C15H23Br2NO2/c1-11(2)9-18-10-12-7-13(16)15(14(17)8-12)20-6-4-5-19-3/h7-8,11,18H,4-6,9-10H2,1-3H3. The molecular formula is C15H23Br2NO2. The van der Waals surface area contributed by atoms with Gasteiger partial charge in [0.05, 0.1) is 15.6 Å². The van der Waals surface area contributed by atoms with Gasteiger partial charge in [-0.3, -0.25) is 0 Å². The Morgan fingerprint density at radius 2 is 1.80 bits per heavy atom. The van der Waals surface area contributed by atoms with Crippen LogP contribution < -0.4 is 10.1 Å². The normalized spacial score (nSPS) is 11.1. The van der Waals surface area contributed by atoms with Gasteiger partial charge >= 0.3 is 0 Å². The molecule has 0 aliphatic carbocycles. The van der Waals surface area contributed by atoms with Crippen LogP contribution in [0.2, 0.25) is 0 Å². The van der Waals surface area contributed by atoms with Crippen molar-refractivity contribution in [1.29, 1.82) is 0 Å². The lowest BCUT2D eigenvalue weighted by atomic mass is 10.2. The molecule has 0 spiro atoms. The Bertz CT molecular complexity index is 388. The molecule has 3 nitrogen and oxygen atoms in total. The molecule has 1 N–H and O–H groups in total. The van der Waals surface area contributed by atoms with E-state index in [-0.39, 0.29) is 0 Å². The minimum absolute atomic E-state index is 0.649. The van der Waals surface area contributed by atoms with Crippen LogP contribution in [0.15, 0.2) is 21.1 Å². The van der Waals surface area contributed by atoms with E-state index >= 15 is 0 Å². The third-order valence-electron chi connectivity index (χ3n) is 2.68. The molecule has 0 saturated heterocycles. The summed E-state index contributed by atoms with van der Waals surface area (Å²) in [6.45, 7) is 7.65. The van der Waals surface area contributed by atoms with Gasteiger partial charge < -0.3 is 14.8 Å². The zero-order valence-corrected chi connectivity index (χ0v) is 15.5. The number of nitrogens with one attached hydrogen (secondary N) is 1. The summed E-state index contributed by atoms with van der Waals surface area (Å²) in [5.74, 6) is 1.51. The molecular weight excluding hydrogens is 386 g/mol. The minimum atomic E-state index is 0.649. The highest BCUT2D eigenvalue weighted by Gasteiger charge is 2.09. The van der Waals surface area contributed by atoms with E-state index in [0.29, 0.717) is 19.1 Å². The second-order valence-electron chi connectivity index (χ2n) is 5.11. The van der Waals surface area contributed by atoms with Crippen LogP contribution >= 0.6 is 31.9 Å². The lowest BCUT2D eigenvalue weighted by Gasteiger charge is -2.13. The van der Waals surface area contributed by atoms with Crippen LogP contribution in [-0.4, -0.2) is 26.9 Å². The quantitative estimate of drug-likeness (QED) is 0.615. The van der Waals surface area contributed by atoms with E-state index in [1.54, 1.807) is 7.11 Å². The van der Waals surface area contributed by atoms with Gasteiger partial charge in [-0.05, 0) is 62.0 Å². The molecule has 0 aliphatic heterocycles. The van der Waals surface area contributed by atoms with Crippen molar-refractivity contribution in [2.75, 3.05) is 26.9 Å². The Hall–Kier alpha value is -0.100. The van der Waals surface area contributed by atoms with Gasteiger partial charge in [0.25, 0.3) is 0 Å². The van der Waals surface area contributed by atoms with E-state index in [1.807, 2.05) is 0 Å². The van der Waals surface area contributed by atoms with Crippen LogP contribution in [0, 0.1) is 5.92 Å². The van der Waals surface area contributed by atoms with Gasteiger partial charge in [-0.15, -0.1) is 0 Å². The predicted molar refractivity (Wildman–Crippen MR) is 90.4 cm³/mol. The predicted octanol–water partition coefficient (Wildman–Crippen LogP) is 4.37. The molecule has 0 amide bonds. The summed E-state index contributed by atoms with van der Waals surface area (Å²) in [5.41, 5.74) is 1.23. The Morgan fingerprint density at radius 3 is 2.35 bits per heavy atom. The highest BCUT2D eigenvalue weighted by molar-refractivity contribution is 9.11. The number of rotatable bonds is 9. The smallest absolute Gasteiger partial charge is 0.147 e. The topological polar surface area (TPSA) is 30.5 Å². The summed E-state index contributed by atoms with van der Waals surface area (Å²) < 4.78 is 12.7. The fourth-order valence-electron chi connectivity index (χ4n) is 1.74. The maximum Gasteiger partial charge on any atom is 0.147 e. The van der Waals surface area contributed by atoms with Gasteiger partial charge in [0.1, 0.15) is 5.75 Å². The highest BCUT2D eigenvalue weighted by atomic mass is 79.9. The summed E-state index contributed by atoms with van der Waals surface area (Å²) >= 11 is 7.15. The average molecular weight is 409 g/mol. The third-order valence-corrected chi connectivity index (χ3v) is 3.86. The van der Waals surface area contributed by atoms with Crippen LogP contribution in [0.25, 0.3) is 0 Å². The van der Waals surface area contributed by atoms with Crippen LogP contribution in [0.1, 0.15) is 25.8 Å². The van der Waals surface area contributed by atoms with Crippen LogP contribution in [0.4, 0.5) is 0 Å². The number of halogens is 2. The fourth-order valence-corrected chi connectivity index (χ4v) is 3.25. The summed E-state index contributed by atoms with van der Waals surface area (Å²) in [4.78, 5) is 0. The molecule has 0 unspecified atom stereocenters. The molecule has 5 heteroatoms. The molecule has 0 heterocycles. The van der Waals surface area contributed by atoms with Gasteiger partial charge in [-0.25, -0.2) is 0 Å². The van der Waals surface area contributed by atoms with Crippen molar-refractivity contribution in [1.82, 2.24) is 5.32 Å². The first-order valence-corrected chi connectivity index (χ1v) is 8.43. The average Bonchev–Trinajstić information content (AvgIpc) is 2.36. The second kappa shape index (κ2) is 9.77. The molecule has 0 aliphatic rings.